The van der Waals surface area contributed by atoms with Crippen molar-refractivity contribution in [3.05, 3.63) is 114 Å². The fourth-order valence-corrected chi connectivity index (χ4v) is 6.51. The van der Waals surface area contributed by atoms with Gasteiger partial charge in [0.15, 0.2) is 0 Å². The highest BCUT2D eigenvalue weighted by Gasteiger charge is 2.46. The zero-order valence-corrected chi connectivity index (χ0v) is 22.3. The fourth-order valence-electron chi connectivity index (χ4n) is 6.51. The molecule has 4 bridgehead atoms. The van der Waals surface area contributed by atoms with E-state index in [0.29, 0.717) is 30.8 Å². The van der Waals surface area contributed by atoms with Crippen molar-refractivity contribution in [2.24, 2.45) is 11.7 Å². The number of nitrogens with two attached hydrogens (primary N) is 1. The molecule has 2 N–H and O–H groups in total. The van der Waals surface area contributed by atoms with E-state index in [1.165, 1.54) is 4.90 Å². The monoisotopic (exact) mass is 532 g/mol. The van der Waals surface area contributed by atoms with Crippen molar-refractivity contribution in [2.75, 3.05) is 19.7 Å². The van der Waals surface area contributed by atoms with Crippen LogP contribution in [0.2, 0.25) is 0 Å². The number of aromatic nitrogens is 1. The number of nitrogens with zero attached hydrogens (tertiary/aromatic N) is 3. The van der Waals surface area contributed by atoms with Gasteiger partial charge in [-0.15, -0.1) is 0 Å². The quantitative estimate of drug-likeness (QED) is 0.516. The Balaban J connectivity index is 1.43. The second-order valence-corrected chi connectivity index (χ2v) is 10.8. The maximum Gasteiger partial charge on any atom is 0.262 e. The lowest BCUT2D eigenvalue weighted by atomic mass is 9.84. The number of hydrogen-bond donors (Lipinski definition) is 1. The Hall–Kier alpha value is -4.20. The van der Waals surface area contributed by atoms with Crippen LogP contribution in [0.1, 0.15) is 17.5 Å². The summed E-state index contributed by atoms with van der Waals surface area (Å²) in [6.07, 6.45) is 13.3. The molecule has 2 aromatic carbocycles. The van der Waals surface area contributed by atoms with E-state index in [0.717, 1.165) is 40.6 Å². The number of rotatable bonds is 3. The SMILES string of the molecule is NC[C@H]1CCN2C=C(C3=C(C(=O)N(Cc4ccccc4)C3=O)c3cn(c4ccccc34)CCO1)C1C=CC=CC12. The molecular formula is C33H32N4O3. The molecule has 4 aliphatic rings. The summed E-state index contributed by atoms with van der Waals surface area (Å²) in [4.78, 5) is 32.3. The topological polar surface area (TPSA) is 80.8 Å². The largest absolute Gasteiger partial charge is 0.375 e. The van der Waals surface area contributed by atoms with Gasteiger partial charge in [-0.25, -0.2) is 0 Å². The van der Waals surface area contributed by atoms with Crippen LogP contribution in [-0.2, 0) is 27.4 Å². The molecule has 3 atom stereocenters. The Morgan fingerprint density at radius 2 is 1.68 bits per heavy atom. The summed E-state index contributed by atoms with van der Waals surface area (Å²) in [6.45, 7) is 2.56. The molecule has 3 aromatic rings. The number of amides is 2. The first-order chi connectivity index (χ1) is 19.6. The highest BCUT2D eigenvalue weighted by atomic mass is 16.5. The number of allylic oxidation sites excluding steroid dienone is 2. The number of fused-ring (bicyclic) bond motifs is 11. The van der Waals surface area contributed by atoms with Crippen LogP contribution in [0.4, 0.5) is 0 Å². The predicted molar refractivity (Wildman–Crippen MR) is 155 cm³/mol. The predicted octanol–water partition coefficient (Wildman–Crippen LogP) is 4.02. The average molecular weight is 533 g/mol. The lowest BCUT2D eigenvalue weighted by Crippen LogP contribution is -2.35. The highest BCUT2D eigenvalue weighted by Crippen LogP contribution is 2.45. The number of hydrogen-bond acceptors (Lipinski definition) is 5. The Morgan fingerprint density at radius 3 is 2.52 bits per heavy atom. The van der Waals surface area contributed by atoms with Gasteiger partial charge in [0.05, 0.1) is 36.4 Å². The summed E-state index contributed by atoms with van der Waals surface area (Å²) < 4.78 is 8.37. The van der Waals surface area contributed by atoms with Gasteiger partial charge >= 0.3 is 0 Å². The molecule has 1 aliphatic carbocycles. The van der Waals surface area contributed by atoms with Gasteiger partial charge in [-0.05, 0) is 23.6 Å². The molecule has 0 saturated heterocycles. The molecule has 7 rings (SSSR count). The second-order valence-electron chi connectivity index (χ2n) is 10.8. The van der Waals surface area contributed by atoms with E-state index < -0.39 is 0 Å². The fraction of sp³-hybridized carbons (Fsp3) is 0.273. The van der Waals surface area contributed by atoms with Crippen molar-refractivity contribution >= 4 is 28.3 Å². The normalized spacial score (nSPS) is 24.4. The molecule has 1 aromatic heterocycles. The van der Waals surface area contributed by atoms with Gasteiger partial charge in [0, 0.05) is 54.4 Å². The van der Waals surface area contributed by atoms with Crippen LogP contribution in [0, 0.1) is 5.92 Å². The van der Waals surface area contributed by atoms with Crippen LogP contribution in [-0.4, -0.2) is 58.0 Å². The standard InChI is InChI=1S/C33H32N4O3/c34-18-23-14-15-35-20-26(24-10-4-6-12-28(24)35)30-31(33(39)37(32(30)38)19-22-8-2-1-3-9-22)27-21-36(16-17-40-23)29-13-7-5-11-25(27)29/h1-13,20-21,23-24,28H,14-19,34H2/t23-,24?,28?/m1/s1. The lowest BCUT2D eigenvalue weighted by molar-refractivity contribution is -0.137. The van der Waals surface area contributed by atoms with Crippen molar-refractivity contribution in [1.82, 2.24) is 14.4 Å². The van der Waals surface area contributed by atoms with E-state index in [1.54, 1.807) is 0 Å². The molecule has 0 spiro atoms. The third-order valence-corrected chi connectivity index (χ3v) is 8.51. The number of ether oxygens (including phenoxy) is 1. The van der Waals surface area contributed by atoms with E-state index in [1.807, 2.05) is 60.8 Å². The molecule has 40 heavy (non-hydrogen) atoms. The summed E-state index contributed by atoms with van der Waals surface area (Å²) in [5.74, 6) is -0.505. The zero-order chi connectivity index (χ0) is 27.2. The van der Waals surface area contributed by atoms with Crippen molar-refractivity contribution in [3.63, 3.8) is 0 Å². The van der Waals surface area contributed by atoms with E-state index in [9.17, 15) is 9.59 Å². The van der Waals surface area contributed by atoms with Gasteiger partial charge in [0.1, 0.15) is 0 Å². The first kappa shape index (κ1) is 24.8. The second kappa shape index (κ2) is 10.1. The maximum absolute atomic E-state index is 14.3. The Morgan fingerprint density at radius 1 is 0.900 bits per heavy atom. The minimum Gasteiger partial charge on any atom is -0.375 e. The van der Waals surface area contributed by atoms with E-state index >= 15 is 0 Å². The number of para-hydroxylation sites is 1. The highest BCUT2D eigenvalue weighted by molar-refractivity contribution is 6.38. The number of imide groups is 1. The minimum absolute atomic E-state index is 0.0286. The summed E-state index contributed by atoms with van der Waals surface area (Å²) >= 11 is 0. The van der Waals surface area contributed by atoms with E-state index in [4.69, 9.17) is 10.5 Å². The van der Waals surface area contributed by atoms with Crippen molar-refractivity contribution in [1.29, 1.82) is 0 Å². The molecule has 2 unspecified atom stereocenters. The molecule has 0 radical (unpaired) electrons. The van der Waals surface area contributed by atoms with Crippen molar-refractivity contribution in [3.8, 4) is 0 Å². The Labute approximate surface area is 233 Å². The van der Waals surface area contributed by atoms with Crippen molar-refractivity contribution < 1.29 is 14.3 Å². The summed E-state index contributed by atoms with van der Waals surface area (Å²) in [7, 11) is 0. The number of benzene rings is 2. The molecule has 7 nitrogen and oxygen atoms in total. The van der Waals surface area contributed by atoms with Crippen LogP contribution in [0.25, 0.3) is 16.5 Å². The first-order valence-electron chi connectivity index (χ1n) is 14.0. The molecule has 3 aliphatic heterocycles. The molecular weight excluding hydrogens is 500 g/mol. The van der Waals surface area contributed by atoms with Crippen molar-refractivity contribution in [2.45, 2.75) is 31.7 Å². The maximum atomic E-state index is 14.3. The molecule has 0 saturated carbocycles. The molecule has 202 valence electrons. The third kappa shape index (κ3) is 4.05. The van der Waals surface area contributed by atoms with Gasteiger partial charge in [0.25, 0.3) is 11.8 Å². The molecule has 2 amide bonds. The van der Waals surface area contributed by atoms with E-state index in [2.05, 4.69) is 40.0 Å². The Kier molecular flexibility index (Phi) is 6.25. The molecule has 4 heterocycles. The molecule has 0 fully saturated rings. The van der Waals surface area contributed by atoms with Crippen LogP contribution in [0.5, 0.6) is 0 Å². The summed E-state index contributed by atoms with van der Waals surface area (Å²) in [6, 6.07) is 17.9. The van der Waals surface area contributed by atoms with Crippen LogP contribution < -0.4 is 5.73 Å². The third-order valence-electron chi connectivity index (χ3n) is 8.51. The number of carbonyl (C=O) groups is 2. The summed E-state index contributed by atoms with van der Waals surface area (Å²) in [5.41, 5.74) is 10.7. The van der Waals surface area contributed by atoms with Gasteiger partial charge < -0.3 is 19.9 Å². The van der Waals surface area contributed by atoms with Crippen LogP contribution in [0.15, 0.2) is 102 Å². The van der Waals surface area contributed by atoms with Gasteiger partial charge in [-0.1, -0.05) is 72.8 Å². The van der Waals surface area contributed by atoms with Crippen LogP contribution in [0.3, 0.4) is 0 Å². The molecule has 7 heteroatoms. The van der Waals surface area contributed by atoms with Gasteiger partial charge in [0.2, 0.25) is 0 Å². The zero-order valence-electron chi connectivity index (χ0n) is 22.3. The average Bonchev–Trinajstić information content (AvgIpc) is 3.61. The smallest absolute Gasteiger partial charge is 0.262 e. The van der Waals surface area contributed by atoms with E-state index in [-0.39, 0.29) is 36.4 Å². The first-order valence-corrected chi connectivity index (χ1v) is 14.0. The van der Waals surface area contributed by atoms with Gasteiger partial charge in [-0.3, -0.25) is 14.5 Å². The van der Waals surface area contributed by atoms with Gasteiger partial charge in [-0.2, -0.15) is 0 Å². The number of carbonyl (C=O) groups excluding carboxylic acids is 2. The minimum atomic E-state index is -0.246. The lowest BCUT2D eigenvalue weighted by Gasteiger charge is -2.29. The van der Waals surface area contributed by atoms with Crippen LogP contribution >= 0.6 is 0 Å². The summed E-state index contributed by atoms with van der Waals surface area (Å²) in [5, 5.41) is 0.953. The Bertz CT molecular complexity index is 1610.